The zero-order valence-corrected chi connectivity index (χ0v) is 15.4. The zero-order chi connectivity index (χ0) is 18.4. The first kappa shape index (κ1) is 18.2. The van der Waals surface area contributed by atoms with Crippen LogP contribution in [-0.4, -0.2) is 61.1 Å². The van der Waals surface area contributed by atoms with E-state index >= 15 is 0 Å². The van der Waals surface area contributed by atoms with Gasteiger partial charge in [-0.05, 0) is 30.2 Å². The highest BCUT2D eigenvalue weighted by molar-refractivity contribution is 5.97. The highest BCUT2D eigenvalue weighted by Gasteiger charge is 2.24. The number of aromatic nitrogens is 1. The van der Waals surface area contributed by atoms with Crippen LogP contribution in [0.4, 0.5) is 0 Å². The van der Waals surface area contributed by atoms with Gasteiger partial charge in [-0.1, -0.05) is 12.1 Å². The minimum absolute atomic E-state index is 0.0102. The fourth-order valence-corrected chi connectivity index (χ4v) is 3.31. The van der Waals surface area contributed by atoms with E-state index in [2.05, 4.69) is 16.0 Å². The molecule has 0 radical (unpaired) electrons. The molecule has 6 nitrogen and oxygen atoms in total. The quantitative estimate of drug-likeness (QED) is 0.825. The van der Waals surface area contributed by atoms with Crippen LogP contribution in [0.1, 0.15) is 22.3 Å². The first-order chi connectivity index (χ1) is 12.7. The highest BCUT2D eigenvalue weighted by Crippen LogP contribution is 2.31. The number of rotatable bonds is 5. The van der Waals surface area contributed by atoms with Crippen LogP contribution in [-0.2, 0) is 6.54 Å². The highest BCUT2D eigenvalue weighted by atomic mass is 16.5. The second-order valence-corrected chi connectivity index (χ2v) is 6.32. The molecule has 6 heteroatoms. The molecule has 1 amide bonds. The molecule has 0 atom stereocenters. The molecule has 0 unspecified atom stereocenters. The van der Waals surface area contributed by atoms with Crippen LogP contribution in [0.5, 0.6) is 11.5 Å². The number of pyridine rings is 1. The molecule has 0 bridgehead atoms. The minimum atomic E-state index is -0.0102. The van der Waals surface area contributed by atoms with E-state index in [-0.39, 0.29) is 5.91 Å². The lowest BCUT2D eigenvalue weighted by Crippen LogP contribution is -2.35. The number of nitrogens with zero attached hydrogens (tertiary/aromatic N) is 3. The van der Waals surface area contributed by atoms with Gasteiger partial charge in [0.25, 0.3) is 5.91 Å². The molecule has 3 rings (SSSR count). The van der Waals surface area contributed by atoms with Crippen molar-refractivity contribution >= 4 is 5.91 Å². The van der Waals surface area contributed by atoms with Gasteiger partial charge in [0.2, 0.25) is 0 Å². The number of carbonyl (C=O) groups is 1. The van der Waals surface area contributed by atoms with E-state index < -0.39 is 0 Å². The Morgan fingerprint density at radius 2 is 1.96 bits per heavy atom. The molecule has 138 valence electrons. The summed E-state index contributed by atoms with van der Waals surface area (Å²) in [7, 11) is 3.14. The van der Waals surface area contributed by atoms with E-state index in [0.717, 1.165) is 32.6 Å². The van der Waals surface area contributed by atoms with Crippen molar-refractivity contribution in [2.45, 2.75) is 13.0 Å². The van der Waals surface area contributed by atoms with Crippen LogP contribution in [0.15, 0.2) is 42.7 Å². The van der Waals surface area contributed by atoms with Gasteiger partial charge in [-0.25, -0.2) is 0 Å². The second kappa shape index (κ2) is 8.67. The maximum atomic E-state index is 13.0. The topological polar surface area (TPSA) is 54.9 Å². The van der Waals surface area contributed by atoms with Crippen molar-refractivity contribution < 1.29 is 14.3 Å². The lowest BCUT2D eigenvalue weighted by Gasteiger charge is -2.23. The summed E-state index contributed by atoms with van der Waals surface area (Å²) in [6.45, 7) is 4.10. The molecule has 0 N–H and O–H groups in total. The van der Waals surface area contributed by atoms with Crippen LogP contribution < -0.4 is 9.47 Å². The molecule has 0 saturated carbocycles. The van der Waals surface area contributed by atoms with Crippen molar-refractivity contribution in [1.29, 1.82) is 0 Å². The Morgan fingerprint density at radius 1 is 1.08 bits per heavy atom. The van der Waals surface area contributed by atoms with E-state index in [1.54, 1.807) is 32.5 Å². The number of hydrogen-bond donors (Lipinski definition) is 0. The number of para-hydroxylation sites is 1. The molecule has 1 fully saturated rings. The number of ether oxygens (including phenoxy) is 2. The molecule has 0 spiro atoms. The number of amides is 1. The minimum Gasteiger partial charge on any atom is -0.493 e. The molecular formula is C20H25N3O3. The molecule has 0 aliphatic carbocycles. The van der Waals surface area contributed by atoms with Gasteiger partial charge in [-0.3, -0.25) is 14.7 Å². The summed E-state index contributed by atoms with van der Waals surface area (Å²) in [5, 5.41) is 0. The summed E-state index contributed by atoms with van der Waals surface area (Å²) >= 11 is 0. The molecule has 1 aliphatic heterocycles. The fraction of sp³-hybridized carbons (Fsp3) is 0.400. The third-order valence-electron chi connectivity index (χ3n) is 4.64. The Balaban J connectivity index is 1.68. The molecule has 1 aliphatic rings. The second-order valence-electron chi connectivity index (χ2n) is 6.32. The van der Waals surface area contributed by atoms with Crippen molar-refractivity contribution in [2.75, 3.05) is 40.4 Å². The average Bonchev–Trinajstić information content (AvgIpc) is 2.93. The fourth-order valence-electron chi connectivity index (χ4n) is 3.31. The monoisotopic (exact) mass is 355 g/mol. The summed E-state index contributed by atoms with van der Waals surface area (Å²) < 4.78 is 10.7. The van der Waals surface area contributed by atoms with Gasteiger partial charge in [0.05, 0.1) is 19.8 Å². The molecule has 1 aromatic heterocycles. The van der Waals surface area contributed by atoms with Crippen LogP contribution in [0, 0.1) is 0 Å². The predicted molar refractivity (Wildman–Crippen MR) is 99.6 cm³/mol. The van der Waals surface area contributed by atoms with Gasteiger partial charge in [0, 0.05) is 45.1 Å². The van der Waals surface area contributed by atoms with Gasteiger partial charge >= 0.3 is 0 Å². The van der Waals surface area contributed by atoms with Crippen molar-refractivity contribution in [3.63, 3.8) is 0 Å². The largest absolute Gasteiger partial charge is 0.493 e. The molecule has 2 aromatic rings. The maximum Gasteiger partial charge on any atom is 0.257 e. The Kier molecular flexibility index (Phi) is 6.07. The molecular weight excluding hydrogens is 330 g/mol. The van der Waals surface area contributed by atoms with Crippen molar-refractivity contribution in [3.8, 4) is 11.5 Å². The Labute approximate surface area is 154 Å². The summed E-state index contributed by atoms with van der Waals surface area (Å²) in [6.07, 6.45) is 4.63. The van der Waals surface area contributed by atoms with E-state index in [4.69, 9.17) is 9.47 Å². The van der Waals surface area contributed by atoms with Crippen LogP contribution in [0.3, 0.4) is 0 Å². The van der Waals surface area contributed by atoms with Gasteiger partial charge in [-0.2, -0.15) is 0 Å². The summed E-state index contributed by atoms with van der Waals surface area (Å²) in [4.78, 5) is 21.5. The summed E-state index contributed by atoms with van der Waals surface area (Å²) in [5.41, 5.74) is 1.74. The summed E-state index contributed by atoms with van der Waals surface area (Å²) in [5.74, 6) is 1.06. The standard InChI is InChI=1S/C20H25N3O3/c1-25-18-8-3-7-17(19(18)26-2)20(24)23-11-5-10-22(12-13-23)15-16-6-4-9-21-14-16/h3-4,6-9,14H,5,10-13,15H2,1-2H3. The van der Waals surface area contributed by atoms with E-state index in [0.29, 0.717) is 23.6 Å². The third-order valence-corrected chi connectivity index (χ3v) is 4.64. The number of benzene rings is 1. The lowest BCUT2D eigenvalue weighted by molar-refractivity contribution is 0.0757. The zero-order valence-electron chi connectivity index (χ0n) is 15.4. The first-order valence-electron chi connectivity index (χ1n) is 8.84. The van der Waals surface area contributed by atoms with Crippen molar-refractivity contribution in [2.24, 2.45) is 0 Å². The third kappa shape index (κ3) is 4.14. The normalized spacial score (nSPS) is 15.4. The van der Waals surface area contributed by atoms with Crippen LogP contribution >= 0.6 is 0 Å². The van der Waals surface area contributed by atoms with Gasteiger partial charge in [0.1, 0.15) is 0 Å². The van der Waals surface area contributed by atoms with E-state index in [1.165, 1.54) is 5.56 Å². The van der Waals surface area contributed by atoms with Crippen molar-refractivity contribution in [1.82, 2.24) is 14.8 Å². The van der Waals surface area contributed by atoms with Crippen LogP contribution in [0.25, 0.3) is 0 Å². The first-order valence-corrected chi connectivity index (χ1v) is 8.84. The van der Waals surface area contributed by atoms with Gasteiger partial charge in [0.15, 0.2) is 11.5 Å². The maximum absolute atomic E-state index is 13.0. The van der Waals surface area contributed by atoms with Gasteiger partial charge < -0.3 is 14.4 Å². The number of carbonyl (C=O) groups excluding carboxylic acids is 1. The predicted octanol–water partition coefficient (Wildman–Crippen LogP) is 2.45. The number of hydrogen-bond acceptors (Lipinski definition) is 5. The average molecular weight is 355 g/mol. The van der Waals surface area contributed by atoms with E-state index in [1.807, 2.05) is 23.2 Å². The number of methoxy groups -OCH3 is 2. The molecule has 2 heterocycles. The Bertz CT molecular complexity index is 736. The summed E-state index contributed by atoms with van der Waals surface area (Å²) in [6, 6.07) is 9.46. The molecule has 1 saturated heterocycles. The SMILES string of the molecule is COc1cccc(C(=O)N2CCCN(Cc3cccnc3)CC2)c1OC. The smallest absolute Gasteiger partial charge is 0.257 e. The van der Waals surface area contributed by atoms with E-state index in [9.17, 15) is 4.79 Å². The Hall–Kier alpha value is -2.60. The lowest BCUT2D eigenvalue weighted by atomic mass is 10.1. The molecule has 26 heavy (non-hydrogen) atoms. The molecule has 1 aromatic carbocycles. The van der Waals surface area contributed by atoms with Crippen molar-refractivity contribution in [3.05, 3.63) is 53.9 Å². The van der Waals surface area contributed by atoms with Crippen LogP contribution in [0.2, 0.25) is 0 Å². The Morgan fingerprint density at radius 3 is 2.69 bits per heavy atom. The van der Waals surface area contributed by atoms with Gasteiger partial charge in [-0.15, -0.1) is 0 Å².